The molecule has 0 aliphatic carbocycles. The van der Waals surface area contributed by atoms with E-state index in [1.165, 1.54) is 4.90 Å². The van der Waals surface area contributed by atoms with E-state index in [9.17, 15) is 19.2 Å². The maximum absolute atomic E-state index is 11.9. The van der Waals surface area contributed by atoms with Crippen LogP contribution in [0.5, 0.6) is 0 Å². The van der Waals surface area contributed by atoms with E-state index >= 15 is 0 Å². The Morgan fingerprint density at radius 1 is 1.03 bits per heavy atom. The Kier molecular flexibility index (Phi) is 16.6. The third kappa shape index (κ3) is 15.5. The highest BCUT2D eigenvalue weighted by molar-refractivity contribution is 8.76. The SMILES string of the molecule is CCN(CCNC(=O)CCCCCNC(=O)CCSSc1ccccn1)C(=O)COCC(=O)O. The molecule has 3 amide bonds. The number of aliphatic carboxylic acids is 1. The molecule has 0 aliphatic heterocycles. The third-order valence-corrected chi connectivity index (χ3v) is 6.75. The second-order valence-corrected chi connectivity index (χ2v) is 9.63. The summed E-state index contributed by atoms with van der Waals surface area (Å²) in [5.41, 5.74) is 0. The van der Waals surface area contributed by atoms with E-state index in [4.69, 9.17) is 9.84 Å². The standard InChI is InChI=1S/C22H34N4O6S2/c1-2-26(21(29)16-32-17-22(30)31)14-13-24-18(27)8-4-3-6-11-23-19(28)10-15-33-34-20-9-5-7-12-25-20/h5,7,9,12H,2-4,6,8,10-11,13-17H2,1H3,(H,23,28)(H,24,27)(H,30,31). The molecule has 0 aromatic carbocycles. The van der Waals surface area contributed by atoms with Crippen molar-refractivity contribution in [2.24, 2.45) is 0 Å². The smallest absolute Gasteiger partial charge is 0.329 e. The van der Waals surface area contributed by atoms with Gasteiger partial charge in [-0.2, -0.15) is 0 Å². The summed E-state index contributed by atoms with van der Waals surface area (Å²) >= 11 is 0. The first kappa shape index (κ1) is 29.7. The number of unbranched alkanes of at least 4 members (excludes halogenated alkanes) is 2. The van der Waals surface area contributed by atoms with Gasteiger partial charge in [-0.1, -0.05) is 23.3 Å². The van der Waals surface area contributed by atoms with Gasteiger partial charge in [-0.15, -0.1) is 0 Å². The highest BCUT2D eigenvalue weighted by Gasteiger charge is 2.12. The summed E-state index contributed by atoms with van der Waals surface area (Å²) in [5, 5.41) is 15.1. The predicted molar refractivity (Wildman–Crippen MR) is 132 cm³/mol. The number of carboxylic acids is 1. The third-order valence-electron chi connectivity index (χ3n) is 4.49. The number of hydrogen-bond acceptors (Lipinski definition) is 8. The number of pyridine rings is 1. The van der Waals surface area contributed by atoms with Crippen molar-refractivity contribution in [3.63, 3.8) is 0 Å². The van der Waals surface area contributed by atoms with Crippen LogP contribution in [0, 0.1) is 0 Å². The first-order chi connectivity index (χ1) is 16.4. The van der Waals surface area contributed by atoms with Crippen LogP contribution < -0.4 is 10.6 Å². The highest BCUT2D eigenvalue weighted by Crippen LogP contribution is 2.29. The molecule has 1 rings (SSSR count). The lowest BCUT2D eigenvalue weighted by Crippen LogP contribution is -2.40. The summed E-state index contributed by atoms with van der Waals surface area (Å²) < 4.78 is 4.80. The van der Waals surface area contributed by atoms with Gasteiger partial charge >= 0.3 is 5.97 Å². The number of aromatic nitrogens is 1. The maximum atomic E-state index is 11.9. The first-order valence-corrected chi connectivity index (χ1v) is 13.6. The Morgan fingerprint density at radius 2 is 1.79 bits per heavy atom. The van der Waals surface area contributed by atoms with Gasteiger partial charge in [0, 0.05) is 51.0 Å². The number of carbonyl (C=O) groups is 4. The van der Waals surface area contributed by atoms with Gasteiger partial charge in [0.05, 0.1) is 0 Å². The number of carbonyl (C=O) groups excluding carboxylic acids is 3. The fourth-order valence-corrected chi connectivity index (χ4v) is 4.60. The van der Waals surface area contributed by atoms with Gasteiger partial charge in [0.15, 0.2) is 0 Å². The van der Waals surface area contributed by atoms with Gasteiger partial charge in [-0.05, 0) is 42.7 Å². The predicted octanol–water partition coefficient (Wildman–Crippen LogP) is 1.95. The van der Waals surface area contributed by atoms with Gasteiger partial charge in [0.25, 0.3) is 0 Å². The van der Waals surface area contributed by atoms with E-state index < -0.39 is 12.6 Å². The quantitative estimate of drug-likeness (QED) is 0.187. The van der Waals surface area contributed by atoms with Gasteiger partial charge in [-0.25, -0.2) is 9.78 Å². The molecule has 0 saturated carbocycles. The molecule has 12 heteroatoms. The number of nitrogens with one attached hydrogen (secondary N) is 2. The van der Waals surface area contributed by atoms with E-state index in [1.807, 2.05) is 18.2 Å². The molecule has 1 heterocycles. The van der Waals surface area contributed by atoms with Crippen molar-refractivity contribution in [3.8, 4) is 0 Å². The van der Waals surface area contributed by atoms with Crippen LogP contribution >= 0.6 is 21.6 Å². The molecule has 0 fully saturated rings. The molecule has 1 aromatic rings. The van der Waals surface area contributed by atoms with Crippen molar-refractivity contribution in [1.29, 1.82) is 0 Å². The summed E-state index contributed by atoms with van der Waals surface area (Å²) in [4.78, 5) is 51.9. The van der Waals surface area contributed by atoms with Crippen molar-refractivity contribution in [3.05, 3.63) is 24.4 Å². The lowest BCUT2D eigenvalue weighted by molar-refractivity contribution is -0.146. The Labute approximate surface area is 208 Å². The average Bonchev–Trinajstić information content (AvgIpc) is 2.82. The number of amides is 3. The summed E-state index contributed by atoms with van der Waals surface area (Å²) in [6.45, 7) is 2.68. The Bertz CT molecular complexity index is 754. The van der Waals surface area contributed by atoms with Crippen LogP contribution in [0.4, 0.5) is 0 Å². The number of carboxylic acid groups (broad SMARTS) is 1. The second kappa shape index (κ2) is 19.0. The average molecular weight is 515 g/mol. The van der Waals surface area contributed by atoms with Crippen LogP contribution in [-0.4, -0.2) is 83.8 Å². The summed E-state index contributed by atoms with van der Waals surface area (Å²) in [5.74, 6) is -0.793. The van der Waals surface area contributed by atoms with E-state index in [-0.39, 0.29) is 24.3 Å². The monoisotopic (exact) mass is 514 g/mol. The van der Waals surface area contributed by atoms with Crippen molar-refractivity contribution >= 4 is 45.3 Å². The molecule has 0 saturated heterocycles. The minimum atomic E-state index is -1.13. The van der Waals surface area contributed by atoms with E-state index in [2.05, 4.69) is 15.6 Å². The van der Waals surface area contributed by atoms with Crippen LogP contribution in [0.3, 0.4) is 0 Å². The van der Waals surface area contributed by atoms with Crippen LogP contribution in [0.15, 0.2) is 29.4 Å². The molecule has 3 N–H and O–H groups in total. The van der Waals surface area contributed by atoms with Crippen molar-refractivity contribution in [2.75, 3.05) is 45.1 Å². The molecular formula is C22H34N4O6S2. The minimum Gasteiger partial charge on any atom is -0.480 e. The van der Waals surface area contributed by atoms with Crippen LogP contribution in [-0.2, 0) is 23.9 Å². The maximum Gasteiger partial charge on any atom is 0.329 e. The topological polar surface area (TPSA) is 138 Å². The zero-order valence-electron chi connectivity index (χ0n) is 19.5. The number of nitrogens with zero attached hydrogens (tertiary/aromatic N) is 2. The normalized spacial score (nSPS) is 10.5. The van der Waals surface area contributed by atoms with Crippen molar-refractivity contribution in [1.82, 2.24) is 20.5 Å². The summed E-state index contributed by atoms with van der Waals surface area (Å²) in [6, 6.07) is 5.73. The molecule has 190 valence electrons. The van der Waals surface area contributed by atoms with E-state index in [0.717, 1.165) is 24.3 Å². The van der Waals surface area contributed by atoms with E-state index in [1.54, 1.807) is 34.7 Å². The highest BCUT2D eigenvalue weighted by atomic mass is 33.1. The Morgan fingerprint density at radius 3 is 2.50 bits per heavy atom. The van der Waals surface area contributed by atoms with Crippen LogP contribution in [0.1, 0.15) is 39.0 Å². The zero-order valence-corrected chi connectivity index (χ0v) is 21.1. The van der Waals surface area contributed by atoms with Gasteiger partial charge < -0.3 is 25.4 Å². The lowest BCUT2D eigenvalue weighted by Gasteiger charge is -2.20. The number of hydrogen-bond donors (Lipinski definition) is 3. The second-order valence-electron chi connectivity index (χ2n) is 7.19. The fraction of sp³-hybridized carbons (Fsp3) is 0.591. The van der Waals surface area contributed by atoms with Crippen molar-refractivity contribution < 1.29 is 29.0 Å². The Hall–Kier alpha value is -2.31. The molecule has 0 unspecified atom stereocenters. The van der Waals surface area contributed by atoms with Gasteiger partial charge in [0.2, 0.25) is 17.7 Å². The van der Waals surface area contributed by atoms with Crippen LogP contribution in [0.2, 0.25) is 0 Å². The summed E-state index contributed by atoms with van der Waals surface area (Å²) in [6.07, 6.45) is 4.94. The summed E-state index contributed by atoms with van der Waals surface area (Å²) in [7, 11) is 3.16. The molecule has 34 heavy (non-hydrogen) atoms. The lowest BCUT2D eigenvalue weighted by atomic mass is 10.2. The molecule has 0 bridgehead atoms. The first-order valence-electron chi connectivity index (χ1n) is 11.2. The van der Waals surface area contributed by atoms with Gasteiger partial charge in [0.1, 0.15) is 18.2 Å². The molecule has 0 spiro atoms. The van der Waals surface area contributed by atoms with Gasteiger partial charge in [-0.3, -0.25) is 14.4 Å². The van der Waals surface area contributed by atoms with Crippen LogP contribution in [0.25, 0.3) is 0 Å². The number of ether oxygens (including phenoxy) is 1. The zero-order chi connectivity index (χ0) is 25.0. The van der Waals surface area contributed by atoms with Crippen molar-refractivity contribution in [2.45, 2.75) is 44.1 Å². The number of likely N-dealkylation sites (N-methyl/N-ethyl adjacent to an activating group) is 1. The molecule has 0 atom stereocenters. The fourth-order valence-electron chi connectivity index (χ4n) is 2.73. The number of rotatable bonds is 19. The minimum absolute atomic E-state index is 0.0234. The Balaban J connectivity index is 1.98. The molecule has 1 aromatic heterocycles. The molecule has 0 radical (unpaired) electrons. The molecule has 0 aliphatic rings. The molecular weight excluding hydrogens is 480 g/mol. The largest absolute Gasteiger partial charge is 0.480 e. The van der Waals surface area contributed by atoms with E-state index in [0.29, 0.717) is 44.8 Å². The molecule has 10 nitrogen and oxygen atoms in total.